The lowest BCUT2D eigenvalue weighted by molar-refractivity contribution is 0.233. The molecule has 0 spiro atoms. The highest BCUT2D eigenvalue weighted by molar-refractivity contribution is 5.48. The van der Waals surface area contributed by atoms with Crippen molar-refractivity contribution < 1.29 is 0 Å². The summed E-state index contributed by atoms with van der Waals surface area (Å²) in [4.78, 5) is 2.45. The van der Waals surface area contributed by atoms with Gasteiger partial charge in [0.15, 0.2) is 0 Å². The number of nitrogens with one attached hydrogen (secondary N) is 1. The quantitative estimate of drug-likeness (QED) is 0.707. The Labute approximate surface area is 91.3 Å². The van der Waals surface area contributed by atoms with Crippen LogP contribution in [0, 0.1) is 6.92 Å². The van der Waals surface area contributed by atoms with Gasteiger partial charge in [-0.3, -0.25) is 4.90 Å². The van der Waals surface area contributed by atoms with Crippen LogP contribution in [0.4, 0.5) is 5.69 Å². The zero-order valence-electron chi connectivity index (χ0n) is 9.29. The van der Waals surface area contributed by atoms with Crippen LogP contribution >= 0.6 is 0 Å². The number of hydrogen-bond acceptors (Lipinski definition) is 3. The van der Waals surface area contributed by atoms with E-state index < -0.39 is 0 Å². The molecule has 0 aromatic heterocycles. The average Bonchev–Trinajstić information content (AvgIpc) is 2.25. The van der Waals surface area contributed by atoms with E-state index in [0.29, 0.717) is 0 Å². The molecule has 1 aliphatic heterocycles. The van der Waals surface area contributed by atoms with Gasteiger partial charge in [0.2, 0.25) is 0 Å². The molecule has 3 nitrogen and oxygen atoms in total. The summed E-state index contributed by atoms with van der Waals surface area (Å²) in [6, 6.07) is 6.26. The molecule has 0 saturated carbocycles. The normalized spacial score (nSPS) is 17.9. The van der Waals surface area contributed by atoms with Crippen molar-refractivity contribution in [3.63, 3.8) is 0 Å². The minimum atomic E-state index is 0.916. The first-order valence-corrected chi connectivity index (χ1v) is 5.54. The summed E-state index contributed by atoms with van der Waals surface area (Å²) in [6.07, 6.45) is 0. The standard InChI is InChI=1S/C12H19N3/c1-10-2-3-12(13)11(8-10)9-15-6-4-14-5-7-15/h2-3,8,14H,4-7,9,13H2,1H3. The maximum atomic E-state index is 5.96. The summed E-state index contributed by atoms with van der Waals surface area (Å²) < 4.78 is 0. The Morgan fingerprint density at radius 2 is 2.07 bits per heavy atom. The second kappa shape index (κ2) is 4.64. The molecule has 0 amide bonds. The number of hydrogen-bond donors (Lipinski definition) is 2. The Kier molecular flexibility index (Phi) is 3.23. The molecule has 15 heavy (non-hydrogen) atoms. The Morgan fingerprint density at radius 1 is 1.33 bits per heavy atom. The van der Waals surface area contributed by atoms with E-state index in [2.05, 4.69) is 29.3 Å². The second-order valence-corrected chi connectivity index (χ2v) is 4.23. The van der Waals surface area contributed by atoms with Gasteiger partial charge in [-0.2, -0.15) is 0 Å². The predicted octanol–water partition coefficient (Wildman–Crippen LogP) is 0.982. The van der Waals surface area contributed by atoms with Crippen LogP contribution in [0.25, 0.3) is 0 Å². The molecular weight excluding hydrogens is 186 g/mol. The summed E-state index contributed by atoms with van der Waals surface area (Å²) >= 11 is 0. The zero-order chi connectivity index (χ0) is 10.7. The molecule has 0 aliphatic carbocycles. The number of rotatable bonds is 2. The van der Waals surface area contributed by atoms with Crippen molar-refractivity contribution in [2.45, 2.75) is 13.5 Å². The van der Waals surface area contributed by atoms with E-state index in [4.69, 9.17) is 5.73 Å². The summed E-state index contributed by atoms with van der Waals surface area (Å²) in [5.74, 6) is 0. The molecule has 2 rings (SSSR count). The Hall–Kier alpha value is -1.06. The van der Waals surface area contributed by atoms with E-state index >= 15 is 0 Å². The number of benzene rings is 1. The summed E-state index contributed by atoms with van der Waals surface area (Å²) in [5, 5.41) is 3.35. The fraction of sp³-hybridized carbons (Fsp3) is 0.500. The van der Waals surface area contributed by atoms with Crippen LogP contribution in [0.3, 0.4) is 0 Å². The molecule has 0 atom stereocenters. The monoisotopic (exact) mass is 205 g/mol. The van der Waals surface area contributed by atoms with Gasteiger partial charge in [-0.1, -0.05) is 17.7 Å². The molecule has 1 saturated heterocycles. The van der Waals surface area contributed by atoms with Crippen LogP contribution in [0.2, 0.25) is 0 Å². The highest BCUT2D eigenvalue weighted by Crippen LogP contribution is 2.16. The van der Waals surface area contributed by atoms with Crippen molar-refractivity contribution in [2.75, 3.05) is 31.9 Å². The highest BCUT2D eigenvalue weighted by atomic mass is 15.2. The lowest BCUT2D eigenvalue weighted by Gasteiger charge is -2.27. The lowest BCUT2D eigenvalue weighted by atomic mass is 10.1. The molecule has 1 aliphatic rings. The van der Waals surface area contributed by atoms with Crippen molar-refractivity contribution in [1.29, 1.82) is 0 Å². The van der Waals surface area contributed by atoms with Crippen LogP contribution in [-0.4, -0.2) is 31.1 Å². The summed E-state index contributed by atoms with van der Waals surface area (Å²) in [7, 11) is 0. The first kappa shape index (κ1) is 10.5. The van der Waals surface area contributed by atoms with Crippen molar-refractivity contribution in [3.8, 4) is 0 Å². The van der Waals surface area contributed by atoms with E-state index in [1.165, 1.54) is 11.1 Å². The number of nitrogens with zero attached hydrogens (tertiary/aromatic N) is 1. The first-order chi connectivity index (χ1) is 7.25. The van der Waals surface area contributed by atoms with E-state index in [9.17, 15) is 0 Å². The van der Waals surface area contributed by atoms with Gasteiger partial charge in [0.25, 0.3) is 0 Å². The van der Waals surface area contributed by atoms with Crippen molar-refractivity contribution in [3.05, 3.63) is 29.3 Å². The van der Waals surface area contributed by atoms with Gasteiger partial charge in [-0.25, -0.2) is 0 Å². The molecule has 1 fully saturated rings. The molecule has 3 N–H and O–H groups in total. The SMILES string of the molecule is Cc1ccc(N)c(CN2CCNCC2)c1. The van der Waals surface area contributed by atoms with Crippen LogP contribution in [-0.2, 0) is 6.54 Å². The Morgan fingerprint density at radius 3 is 2.80 bits per heavy atom. The fourth-order valence-corrected chi connectivity index (χ4v) is 1.98. The molecular formula is C12H19N3. The number of nitrogen functional groups attached to an aromatic ring is 1. The van der Waals surface area contributed by atoms with Gasteiger partial charge in [0, 0.05) is 38.4 Å². The maximum absolute atomic E-state index is 5.96. The third-order valence-corrected chi connectivity index (χ3v) is 2.90. The molecule has 0 radical (unpaired) electrons. The smallest absolute Gasteiger partial charge is 0.0359 e. The third kappa shape index (κ3) is 2.70. The van der Waals surface area contributed by atoms with Crippen LogP contribution in [0.1, 0.15) is 11.1 Å². The van der Waals surface area contributed by atoms with Gasteiger partial charge < -0.3 is 11.1 Å². The molecule has 0 bridgehead atoms. The number of aryl methyl sites for hydroxylation is 1. The van der Waals surface area contributed by atoms with E-state index in [1.807, 2.05) is 6.07 Å². The summed E-state index contributed by atoms with van der Waals surface area (Å²) in [6.45, 7) is 7.51. The Balaban J connectivity index is 2.05. The van der Waals surface area contributed by atoms with Crippen molar-refractivity contribution in [2.24, 2.45) is 0 Å². The maximum Gasteiger partial charge on any atom is 0.0359 e. The summed E-state index contributed by atoms with van der Waals surface area (Å²) in [5.41, 5.74) is 9.43. The largest absolute Gasteiger partial charge is 0.398 e. The molecule has 1 aromatic carbocycles. The number of nitrogens with two attached hydrogens (primary N) is 1. The van der Waals surface area contributed by atoms with Crippen LogP contribution in [0.5, 0.6) is 0 Å². The third-order valence-electron chi connectivity index (χ3n) is 2.90. The lowest BCUT2D eigenvalue weighted by Crippen LogP contribution is -2.43. The number of anilines is 1. The fourth-order valence-electron chi connectivity index (χ4n) is 1.98. The van der Waals surface area contributed by atoms with Crippen molar-refractivity contribution in [1.82, 2.24) is 10.2 Å². The van der Waals surface area contributed by atoms with Crippen LogP contribution in [0.15, 0.2) is 18.2 Å². The van der Waals surface area contributed by atoms with Crippen molar-refractivity contribution >= 4 is 5.69 Å². The predicted molar refractivity (Wildman–Crippen MR) is 63.7 cm³/mol. The second-order valence-electron chi connectivity index (χ2n) is 4.23. The van der Waals surface area contributed by atoms with E-state index in [0.717, 1.165) is 38.4 Å². The number of piperazine rings is 1. The van der Waals surface area contributed by atoms with Gasteiger partial charge in [0.1, 0.15) is 0 Å². The van der Waals surface area contributed by atoms with E-state index in [-0.39, 0.29) is 0 Å². The van der Waals surface area contributed by atoms with Gasteiger partial charge in [-0.15, -0.1) is 0 Å². The van der Waals surface area contributed by atoms with Gasteiger partial charge in [-0.05, 0) is 18.6 Å². The molecule has 82 valence electrons. The first-order valence-electron chi connectivity index (χ1n) is 5.54. The zero-order valence-corrected chi connectivity index (χ0v) is 9.29. The van der Waals surface area contributed by atoms with E-state index in [1.54, 1.807) is 0 Å². The average molecular weight is 205 g/mol. The molecule has 3 heteroatoms. The van der Waals surface area contributed by atoms with Crippen LogP contribution < -0.4 is 11.1 Å². The minimum Gasteiger partial charge on any atom is -0.398 e. The topological polar surface area (TPSA) is 41.3 Å². The molecule has 0 unspecified atom stereocenters. The minimum absolute atomic E-state index is 0.916. The highest BCUT2D eigenvalue weighted by Gasteiger charge is 2.11. The molecule has 1 heterocycles. The molecule has 1 aromatic rings. The Bertz CT molecular complexity index is 330. The van der Waals surface area contributed by atoms with Gasteiger partial charge >= 0.3 is 0 Å². The van der Waals surface area contributed by atoms with Gasteiger partial charge in [0.05, 0.1) is 0 Å².